The second-order valence-electron chi connectivity index (χ2n) is 5.28. The molecule has 0 amide bonds. The molecule has 1 rings (SSSR count). The molecule has 0 aliphatic carbocycles. The fourth-order valence-electron chi connectivity index (χ4n) is 1.60. The second-order valence-corrected chi connectivity index (χ2v) is 5.84. The Balaban J connectivity index is 2.46. The Morgan fingerprint density at radius 1 is 1.19 bits per heavy atom. The van der Waals surface area contributed by atoms with E-state index in [-0.39, 0.29) is 23.6 Å². The zero-order valence-electron chi connectivity index (χ0n) is 10.9. The molecule has 3 nitrogen and oxygen atoms in total. The van der Waals surface area contributed by atoms with Gasteiger partial charge in [0.15, 0.2) is 0 Å². The average molecular weight is 249 g/mol. The number of alkyl halides is 1. The Morgan fingerprint density at radius 3 is 2.12 bits per heavy atom. The van der Waals surface area contributed by atoms with Crippen molar-refractivity contribution in [2.45, 2.75) is 57.0 Å². The molecule has 16 heavy (non-hydrogen) atoms. The van der Waals surface area contributed by atoms with Crippen LogP contribution in [-0.2, 0) is 14.0 Å². The summed E-state index contributed by atoms with van der Waals surface area (Å²) in [5.41, 5.74) is -0.599. The molecule has 1 heterocycles. The molecule has 0 N–H and O–H groups in total. The largest absolute Gasteiger partial charge is 0.476 e. The van der Waals surface area contributed by atoms with Gasteiger partial charge in [0.25, 0.3) is 0 Å². The first kappa shape index (κ1) is 14.3. The minimum atomic E-state index is -0.316. The van der Waals surface area contributed by atoms with Gasteiger partial charge in [0.2, 0.25) is 0 Å². The van der Waals surface area contributed by atoms with E-state index in [1.807, 2.05) is 27.7 Å². The Morgan fingerprint density at radius 2 is 1.69 bits per heavy atom. The lowest BCUT2D eigenvalue weighted by Gasteiger charge is -2.32. The van der Waals surface area contributed by atoms with E-state index in [2.05, 4.69) is 0 Å². The van der Waals surface area contributed by atoms with E-state index < -0.39 is 0 Å². The molecular weight excluding hydrogens is 226 g/mol. The van der Waals surface area contributed by atoms with Crippen LogP contribution in [0.4, 0.5) is 0 Å². The van der Waals surface area contributed by atoms with E-state index in [0.29, 0.717) is 0 Å². The molecule has 1 unspecified atom stereocenters. The molecule has 0 spiro atoms. The monoisotopic (exact) mass is 248 g/mol. The van der Waals surface area contributed by atoms with Gasteiger partial charge in [-0.1, -0.05) is 0 Å². The van der Waals surface area contributed by atoms with Crippen LogP contribution in [0.25, 0.3) is 0 Å². The van der Waals surface area contributed by atoms with Crippen molar-refractivity contribution in [2.24, 2.45) is 0 Å². The SMILES string of the molecule is COCCCC(Cl)B1OC(C)(C)C(C)(C)O1. The molecular formula is C11H22BClO3. The zero-order valence-corrected chi connectivity index (χ0v) is 11.6. The lowest BCUT2D eigenvalue weighted by atomic mass is 9.81. The number of rotatable bonds is 5. The van der Waals surface area contributed by atoms with Crippen LogP contribution in [0.2, 0.25) is 0 Å². The lowest BCUT2D eigenvalue weighted by Crippen LogP contribution is -2.41. The second kappa shape index (κ2) is 5.26. The Labute approximate surface area is 104 Å². The maximum absolute atomic E-state index is 6.27. The maximum atomic E-state index is 6.27. The smallest absolute Gasteiger partial charge is 0.402 e. The lowest BCUT2D eigenvalue weighted by molar-refractivity contribution is 0.00578. The van der Waals surface area contributed by atoms with Crippen LogP contribution in [-0.4, -0.2) is 37.3 Å². The predicted molar refractivity (Wildman–Crippen MR) is 66.8 cm³/mol. The van der Waals surface area contributed by atoms with Crippen molar-refractivity contribution in [3.8, 4) is 0 Å². The quantitative estimate of drug-likeness (QED) is 0.425. The summed E-state index contributed by atoms with van der Waals surface area (Å²) < 4.78 is 16.7. The maximum Gasteiger partial charge on any atom is 0.476 e. The highest BCUT2D eigenvalue weighted by atomic mass is 35.5. The molecule has 0 radical (unpaired) electrons. The summed E-state index contributed by atoms with van der Waals surface area (Å²) in [5, 5.41) is -0.115. The van der Waals surface area contributed by atoms with Crippen molar-refractivity contribution in [3.05, 3.63) is 0 Å². The van der Waals surface area contributed by atoms with E-state index in [9.17, 15) is 0 Å². The van der Waals surface area contributed by atoms with Gasteiger partial charge in [-0.15, -0.1) is 11.6 Å². The molecule has 1 aliphatic rings. The highest BCUT2D eigenvalue weighted by Crippen LogP contribution is 2.38. The van der Waals surface area contributed by atoms with E-state index in [4.69, 9.17) is 25.6 Å². The van der Waals surface area contributed by atoms with E-state index in [1.165, 1.54) is 0 Å². The fraction of sp³-hybridized carbons (Fsp3) is 1.00. The molecule has 1 fully saturated rings. The first-order chi connectivity index (χ1) is 7.30. The van der Waals surface area contributed by atoms with Crippen molar-refractivity contribution < 1.29 is 14.0 Å². The van der Waals surface area contributed by atoms with Crippen molar-refractivity contribution in [1.29, 1.82) is 0 Å². The Bertz CT molecular complexity index is 217. The predicted octanol–water partition coefficient (Wildman–Crippen LogP) is 2.65. The summed E-state index contributed by atoms with van der Waals surface area (Å²) in [6.45, 7) is 8.86. The van der Waals surface area contributed by atoms with Crippen LogP contribution in [0.3, 0.4) is 0 Å². The molecule has 94 valence electrons. The van der Waals surface area contributed by atoms with E-state index >= 15 is 0 Å². The molecule has 0 saturated carbocycles. The van der Waals surface area contributed by atoms with E-state index in [1.54, 1.807) is 7.11 Å². The highest BCUT2D eigenvalue weighted by Gasteiger charge is 2.53. The summed E-state index contributed by atoms with van der Waals surface area (Å²) in [7, 11) is 1.38. The number of methoxy groups -OCH3 is 1. The number of hydrogen-bond donors (Lipinski definition) is 0. The Kier molecular flexibility index (Phi) is 4.70. The van der Waals surface area contributed by atoms with Crippen LogP contribution in [0.15, 0.2) is 0 Å². The van der Waals surface area contributed by atoms with Gasteiger partial charge in [-0.2, -0.15) is 0 Å². The van der Waals surface area contributed by atoms with Crippen molar-refractivity contribution in [3.63, 3.8) is 0 Å². The van der Waals surface area contributed by atoms with Crippen LogP contribution >= 0.6 is 11.6 Å². The van der Waals surface area contributed by atoms with Gasteiger partial charge < -0.3 is 14.0 Å². The van der Waals surface area contributed by atoms with Crippen LogP contribution in [0.5, 0.6) is 0 Å². The molecule has 0 aromatic heterocycles. The normalized spacial score (nSPS) is 24.8. The fourth-order valence-corrected chi connectivity index (χ4v) is 1.85. The first-order valence-corrected chi connectivity index (χ1v) is 6.22. The van der Waals surface area contributed by atoms with E-state index in [0.717, 1.165) is 19.4 Å². The molecule has 5 heteroatoms. The molecule has 0 aromatic carbocycles. The van der Waals surface area contributed by atoms with Crippen LogP contribution < -0.4 is 0 Å². The molecule has 1 atom stereocenters. The number of halogens is 1. The molecule has 0 aromatic rings. The molecule has 1 saturated heterocycles. The first-order valence-electron chi connectivity index (χ1n) is 5.79. The standard InChI is InChI=1S/C11H22BClO3/c1-10(2)11(3,4)16-12(15-10)9(13)7-6-8-14-5/h9H,6-8H2,1-5H3. The van der Waals surface area contributed by atoms with Gasteiger partial charge in [0.1, 0.15) is 0 Å². The van der Waals surface area contributed by atoms with Crippen LogP contribution in [0.1, 0.15) is 40.5 Å². The highest BCUT2D eigenvalue weighted by molar-refractivity contribution is 6.59. The summed E-state index contributed by atoms with van der Waals surface area (Å²) in [6.07, 6.45) is 1.76. The van der Waals surface area contributed by atoms with Gasteiger partial charge in [0.05, 0.1) is 16.5 Å². The van der Waals surface area contributed by atoms with Crippen LogP contribution in [0, 0.1) is 0 Å². The third-order valence-electron chi connectivity index (χ3n) is 3.40. The van der Waals surface area contributed by atoms with Gasteiger partial charge in [-0.05, 0) is 40.5 Å². The zero-order chi connectivity index (χ0) is 12.4. The van der Waals surface area contributed by atoms with Gasteiger partial charge >= 0.3 is 7.12 Å². The minimum absolute atomic E-state index is 0.115. The molecule has 0 bridgehead atoms. The topological polar surface area (TPSA) is 27.7 Å². The van der Waals surface area contributed by atoms with Crippen molar-refractivity contribution in [2.75, 3.05) is 13.7 Å². The molecule has 1 aliphatic heterocycles. The Hall–Kier alpha value is 0.235. The minimum Gasteiger partial charge on any atom is -0.402 e. The number of ether oxygens (including phenoxy) is 1. The number of hydrogen-bond acceptors (Lipinski definition) is 3. The van der Waals surface area contributed by atoms with Crippen molar-refractivity contribution >= 4 is 18.7 Å². The summed E-state index contributed by atoms with van der Waals surface area (Å²) >= 11 is 6.27. The van der Waals surface area contributed by atoms with Crippen molar-refractivity contribution in [1.82, 2.24) is 0 Å². The summed E-state index contributed by atoms with van der Waals surface area (Å²) in [6, 6.07) is 0. The average Bonchev–Trinajstić information content (AvgIpc) is 2.36. The van der Waals surface area contributed by atoms with Gasteiger partial charge in [0, 0.05) is 13.7 Å². The summed E-state index contributed by atoms with van der Waals surface area (Å²) in [4.78, 5) is 0. The third kappa shape index (κ3) is 3.13. The van der Waals surface area contributed by atoms with Gasteiger partial charge in [-0.25, -0.2) is 0 Å². The third-order valence-corrected chi connectivity index (χ3v) is 3.82. The summed E-state index contributed by atoms with van der Waals surface area (Å²) in [5.74, 6) is 0. The van der Waals surface area contributed by atoms with Gasteiger partial charge in [-0.3, -0.25) is 0 Å².